The number of hydrogen-bond donors (Lipinski definition) is 4. The monoisotopic (exact) mass is 998 g/mol. The number of carbonyl (C=O) groups is 4. The molecule has 0 aliphatic carbocycles. The van der Waals surface area contributed by atoms with Crippen molar-refractivity contribution in [3.8, 4) is 22.8 Å². The number of piperidine rings is 1. The number of pyridine rings is 1. The summed E-state index contributed by atoms with van der Waals surface area (Å²) in [5.41, 5.74) is 1.93. The number of aliphatic hydroxyl groups excluding tert-OH is 1. The van der Waals surface area contributed by atoms with E-state index in [1.165, 1.54) is 6.20 Å². The third-order valence-electron chi connectivity index (χ3n) is 12.0. The molecule has 16 nitrogen and oxygen atoms in total. The number of aromatic nitrogens is 3. The van der Waals surface area contributed by atoms with Crippen molar-refractivity contribution in [2.75, 3.05) is 33.8 Å². The van der Waals surface area contributed by atoms with Gasteiger partial charge in [0.1, 0.15) is 29.0 Å². The normalized spacial score (nSPS) is 16.3. The molecule has 1 fully saturated rings. The predicted octanol–water partition coefficient (Wildman–Crippen LogP) is 6.15. The second kappa shape index (κ2) is 23.7. The van der Waals surface area contributed by atoms with Crippen LogP contribution in [-0.2, 0) is 56.9 Å². The van der Waals surface area contributed by atoms with Crippen LogP contribution in [0.1, 0.15) is 69.6 Å². The third kappa shape index (κ3) is 14.7. The Balaban J connectivity index is 1.13. The molecule has 3 aromatic carbocycles. The van der Waals surface area contributed by atoms with E-state index in [-0.39, 0.29) is 38.3 Å². The number of nitrogens with one attached hydrogen (secondary N) is 3. The molecule has 0 bridgehead atoms. The quantitative estimate of drug-likeness (QED) is 0.0397. The van der Waals surface area contributed by atoms with E-state index in [1.807, 2.05) is 63.7 Å². The Labute approximate surface area is 419 Å². The molecule has 2 aromatic heterocycles. The van der Waals surface area contributed by atoms with Crippen LogP contribution in [0.2, 0.25) is 10.0 Å². The molecule has 5 aromatic rings. The van der Waals surface area contributed by atoms with Crippen LogP contribution in [0, 0.1) is 11.1 Å². The van der Waals surface area contributed by atoms with Gasteiger partial charge in [0.25, 0.3) is 0 Å². The van der Waals surface area contributed by atoms with Crippen molar-refractivity contribution in [2.24, 2.45) is 13.0 Å². The van der Waals surface area contributed by atoms with E-state index in [1.54, 1.807) is 81.1 Å². The molecule has 70 heavy (non-hydrogen) atoms. The number of rotatable bonds is 20. The van der Waals surface area contributed by atoms with Gasteiger partial charge in [0.2, 0.25) is 17.7 Å². The van der Waals surface area contributed by atoms with E-state index in [4.69, 9.17) is 32.7 Å². The topological polar surface area (TPSA) is 194 Å². The molecule has 4 atom stereocenters. The lowest BCUT2D eigenvalue weighted by molar-refractivity contribution is -0.614. The number of imidazole rings is 1. The lowest BCUT2D eigenvalue weighted by Gasteiger charge is -2.45. The largest absolute Gasteiger partial charge is 0.619 e. The molecule has 3 heterocycles. The highest BCUT2D eigenvalue weighted by molar-refractivity contribution is 6.31. The van der Waals surface area contributed by atoms with Gasteiger partial charge in [-0.25, -0.2) is 4.98 Å². The van der Waals surface area contributed by atoms with E-state index in [0.29, 0.717) is 57.9 Å². The van der Waals surface area contributed by atoms with Crippen molar-refractivity contribution in [2.45, 2.75) is 96.1 Å². The van der Waals surface area contributed by atoms with Crippen LogP contribution in [-0.4, -0.2) is 105 Å². The number of benzene rings is 3. The van der Waals surface area contributed by atoms with E-state index in [2.05, 4.69) is 30.4 Å². The van der Waals surface area contributed by atoms with Crippen molar-refractivity contribution in [1.82, 2.24) is 35.3 Å². The van der Waals surface area contributed by atoms with Gasteiger partial charge in [0, 0.05) is 66.4 Å². The summed E-state index contributed by atoms with van der Waals surface area (Å²) in [4.78, 5) is 63.9. The highest BCUT2D eigenvalue weighted by atomic mass is 35.5. The number of hydrogen-bond acceptors (Lipinski definition) is 11. The second-order valence-corrected chi connectivity index (χ2v) is 20.1. The Bertz CT molecular complexity index is 2600. The van der Waals surface area contributed by atoms with Gasteiger partial charge in [-0.1, -0.05) is 47.5 Å². The average molecular weight is 1000 g/mol. The zero-order chi connectivity index (χ0) is 50.8. The summed E-state index contributed by atoms with van der Waals surface area (Å²) < 4.78 is 14.6. The summed E-state index contributed by atoms with van der Waals surface area (Å²) in [6.45, 7) is 7.42. The van der Waals surface area contributed by atoms with E-state index in [0.717, 1.165) is 28.2 Å². The number of esters is 1. The molecular weight excluding hydrogens is 936 g/mol. The van der Waals surface area contributed by atoms with Crippen LogP contribution in [0.15, 0.2) is 97.3 Å². The minimum Gasteiger partial charge on any atom is -0.619 e. The smallest absolute Gasteiger partial charge is 0.307 e. The molecule has 1 aliphatic rings. The zero-order valence-electron chi connectivity index (χ0n) is 40.8. The van der Waals surface area contributed by atoms with Crippen molar-refractivity contribution < 1.29 is 38.5 Å². The van der Waals surface area contributed by atoms with Gasteiger partial charge in [0.05, 0.1) is 49.0 Å². The average Bonchev–Trinajstić information content (AvgIpc) is 3.66. The van der Waals surface area contributed by atoms with Gasteiger partial charge in [-0.05, 0) is 115 Å². The summed E-state index contributed by atoms with van der Waals surface area (Å²) in [5, 5.41) is 33.3. The van der Waals surface area contributed by atoms with Crippen LogP contribution in [0.4, 0.5) is 0 Å². The molecule has 3 amide bonds. The Morgan fingerprint density at radius 1 is 0.986 bits per heavy atom. The summed E-state index contributed by atoms with van der Waals surface area (Å²) in [6.07, 6.45) is 4.10. The number of likely N-dealkylation sites (tertiary alicyclic amines) is 1. The van der Waals surface area contributed by atoms with Gasteiger partial charge in [-0.2, -0.15) is 4.73 Å². The number of halogens is 2. The maximum atomic E-state index is 14.5. The maximum Gasteiger partial charge on any atom is 0.307 e. The highest BCUT2D eigenvalue weighted by Crippen LogP contribution is 2.32. The SMILES string of the molecule is CC(NCc1ccc(Cl)cc1Oc1ccc(-c2cnc(CN(C)C)n2C)cc1)C(=O)NC(CO)C(=O)NC1(Cc2ccc(Cl)cc2)CCCN(C(=O)C(CC(=O)OC(C)(C)C)Cc2cccc[n+]2[O-])C1. The van der Waals surface area contributed by atoms with Gasteiger partial charge < -0.3 is 50.1 Å². The minimum atomic E-state index is -1.35. The third-order valence-corrected chi connectivity index (χ3v) is 12.5. The number of aliphatic hydroxyl groups is 1. The molecule has 0 radical (unpaired) electrons. The standard InChI is InChI=1S/C52H64Cl2N8O8/c1-34(55-29-37-14-19-40(54)27-45(37)69-42-20-15-36(16-21-42)44-30-56-46(60(44)7)31-59(5)6)48(65)57-43(32-63)49(66)58-52(28-35-12-17-39(53)18-13-35)22-10-23-61(33-52)50(67)38(26-47(64)70-51(2,3)4)25-41-11-8-9-24-62(41)68/h8-9,11-21,24,27,30,34,38,43,55,63H,10,22-23,25-26,28-29,31-33H2,1-7H3,(H,57,65)(H,58,66). The number of amides is 3. The van der Waals surface area contributed by atoms with Crippen LogP contribution < -0.4 is 25.4 Å². The molecule has 4 N–H and O–H groups in total. The molecule has 6 rings (SSSR count). The van der Waals surface area contributed by atoms with Crippen LogP contribution in [0.5, 0.6) is 11.5 Å². The van der Waals surface area contributed by atoms with E-state index >= 15 is 0 Å². The first-order valence-electron chi connectivity index (χ1n) is 23.3. The van der Waals surface area contributed by atoms with Crippen molar-refractivity contribution in [3.05, 3.63) is 135 Å². The minimum absolute atomic E-state index is 0.0216. The fourth-order valence-electron chi connectivity index (χ4n) is 8.50. The van der Waals surface area contributed by atoms with Crippen molar-refractivity contribution in [3.63, 3.8) is 0 Å². The molecule has 0 spiro atoms. The molecule has 1 aliphatic heterocycles. The Morgan fingerprint density at radius 3 is 2.37 bits per heavy atom. The van der Waals surface area contributed by atoms with Crippen LogP contribution >= 0.6 is 23.2 Å². The summed E-state index contributed by atoms with van der Waals surface area (Å²) in [5.74, 6) is -1.09. The van der Waals surface area contributed by atoms with Gasteiger partial charge in [0.15, 0.2) is 11.9 Å². The summed E-state index contributed by atoms with van der Waals surface area (Å²) in [7, 11) is 5.98. The zero-order valence-corrected chi connectivity index (χ0v) is 42.3. The first-order chi connectivity index (χ1) is 33.2. The number of carbonyl (C=O) groups excluding carboxylic acids is 4. The molecule has 1 saturated heterocycles. The molecule has 374 valence electrons. The predicted molar refractivity (Wildman–Crippen MR) is 268 cm³/mol. The number of ether oxygens (including phenoxy) is 2. The molecule has 18 heteroatoms. The molecule has 4 unspecified atom stereocenters. The van der Waals surface area contributed by atoms with Gasteiger partial charge in [-0.3, -0.25) is 19.2 Å². The molecular formula is C52H64Cl2N8O8. The first kappa shape index (κ1) is 53.3. The summed E-state index contributed by atoms with van der Waals surface area (Å²) >= 11 is 12.6. The Hall–Kier alpha value is -6.04. The first-order valence-corrected chi connectivity index (χ1v) is 24.1. The summed E-state index contributed by atoms with van der Waals surface area (Å²) in [6, 6.07) is 22.7. The fourth-order valence-corrected chi connectivity index (χ4v) is 8.79. The van der Waals surface area contributed by atoms with Crippen molar-refractivity contribution >= 4 is 46.9 Å². The van der Waals surface area contributed by atoms with Gasteiger partial charge >= 0.3 is 5.97 Å². The molecule has 0 saturated carbocycles. The Kier molecular flexibility index (Phi) is 18.1. The lowest BCUT2D eigenvalue weighted by Crippen LogP contribution is -2.65. The maximum absolute atomic E-state index is 14.5. The Morgan fingerprint density at radius 2 is 1.70 bits per heavy atom. The van der Waals surface area contributed by atoms with Crippen molar-refractivity contribution in [1.29, 1.82) is 0 Å². The second-order valence-electron chi connectivity index (χ2n) is 19.2. The van der Waals surface area contributed by atoms with E-state index in [9.17, 15) is 29.5 Å². The van der Waals surface area contributed by atoms with E-state index < -0.39 is 53.5 Å². The highest BCUT2D eigenvalue weighted by Gasteiger charge is 2.42. The van der Waals surface area contributed by atoms with Gasteiger partial charge in [-0.15, -0.1) is 0 Å². The van der Waals surface area contributed by atoms with Crippen LogP contribution in [0.25, 0.3) is 11.3 Å². The van der Waals surface area contributed by atoms with Crippen LogP contribution in [0.3, 0.4) is 0 Å². The fraction of sp³-hybridized carbons (Fsp3) is 0.423. The number of nitrogens with zero attached hydrogens (tertiary/aromatic N) is 5. The lowest BCUT2D eigenvalue weighted by atomic mass is 9.82.